The molecule has 1 N–H and O–H groups in total. The summed E-state index contributed by atoms with van der Waals surface area (Å²) in [5.41, 5.74) is 3.52. The molecule has 1 aromatic carbocycles. The van der Waals surface area contributed by atoms with Crippen LogP contribution in [0.1, 0.15) is 47.7 Å². The van der Waals surface area contributed by atoms with E-state index in [2.05, 4.69) is 12.1 Å². The number of hydrogen-bond acceptors (Lipinski definition) is 2. The van der Waals surface area contributed by atoms with Crippen LogP contribution >= 0.6 is 0 Å². The molecule has 3 heteroatoms. The standard InChI is InChI=1S/C18H19NO2/c20-15-9-13-11-5-1-2-7-14(11)19-16(21)8-10-4-3-6-12(15)17(10)18(13)19/h1-2,5,7,10,12,15,17,20H,3-4,6,8-9H2/t10-,12+,15+,17+/m1/s1. The molecule has 1 aliphatic heterocycles. The molecule has 4 atom stereocenters. The van der Waals surface area contributed by atoms with Crippen LogP contribution in [0.2, 0.25) is 0 Å². The largest absolute Gasteiger partial charge is 0.392 e. The van der Waals surface area contributed by atoms with E-state index in [4.69, 9.17) is 0 Å². The van der Waals surface area contributed by atoms with Gasteiger partial charge < -0.3 is 5.11 Å². The third-order valence-electron chi connectivity index (χ3n) is 6.01. The summed E-state index contributed by atoms with van der Waals surface area (Å²) >= 11 is 0. The fourth-order valence-electron chi connectivity index (χ4n) is 5.25. The summed E-state index contributed by atoms with van der Waals surface area (Å²) in [6.07, 6.45) is 4.53. The summed E-state index contributed by atoms with van der Waals surface area (Å²) in [4.78, 5) is 12.7. The van der Waals surface area contributed by atoms with E-state index < -0.39 is 0 Å². The number of aliphatic hydroxyl groups excluding tert-OH is 1. The van der Waals surface area contributed by atoms with Gasteiger partial charge in [0.2, 0.25) is 5.91 Å². The van der Waals surface area contributed by atoms with Crippen molar-refractivity contribution in [2.75, 3.05) is 0 Å². The quantitative estimate of drug-likeness (QED) is 0.806. The van der Waals surface area contributed by atoms with Crippen molar-refractivity contribution in [3.8, 4) is 0 Å². The second kappa shape index (κ2) is 3.98. The van der Waals surface area contributed by atoms with Gasteiger partial charge >= 0.3 is 0 Å². The molecule has 1 fully saturated rings. The third-order valence-corrected chi connectivity index (χ3v) is 6.01. The summed E-state index contributed by atoms with van der Waals surface area (Å²) in [5.74, 6) is 1.45. The Balaban J connectivity index is 1.88. The Morgan fingerprint density at radius 2 is 2.00 bits per heavy atom. The average Bonchev–Trinajstić information content (AvgIpc) is 2.83. The second-order valence-corrected chi connectivity index (χ2v) is 6.97. The number of hydrogen-bond donors (Lipinski definition) is 1. The van der Waals surface area contributed by atoms with E-state index in [1.165, 1.54) is 16.6 Å². The minimum absolute atomic E-state index is 0.238. The molecular formula is C18H19NO2. The Bertz CT molecular complexity index is 760. The van der Waals surface area contributed by atoms with Crippen LogP contribution in [0.25, 0.3) is 10.9 Å². The van der Waals surface area contributed by atoms with E-state index in [0.29, 0.717) is 30.6 Å². The summed E-state index contributed by atoms with van der Waals surface area (Å²) < 4.78 is 1.98. The molecule has 1 aromatic heterocycles. The molecule has 108 valence electrons. The molecule has 0 radical (unpaired) electrons. The van der Waals surface area contributed by atoms with Crippen LogP contribution in [0.5, 0.6) is 0 Å². The number of aromatic nitrogens is 1. The van der Waals surface area contributed by atoms with Gasteiger partial charge in [0, 0.05) is 29.8 Å². The lowest BCUT2D eigenvalue weighted by Gasteiger charge is -2.46. The molecule has 2 aromatic rings. The van der Waals surface area contributed by atoms with Crippen LogP contribution in [0.3, 0.4) is 0 Å². The minimum Gasteiger partial charge on any atom is -0.392 e. The topological polar surface area (TPSA) is 42.2 Å². The predicted molar refractivity (Wildman–Crippen MR) is 80.5 cm³/mol. The highest BCUT2D eigenvalue weighted by Crippen LogP contribution is 2.53. The first-order valence-corrected chi connectivity index (χ1v) is 8.09. The third kappa shape index (κ3) is 1.40. The maximum atomic E-state index is 12.7. The van der Waals surface area contributed by atoms with Gasteiger partial charge in [-0.15, -0.1) is 0 Å². The molecule has 0 unspecified atom stereocenters. The Morgan fingerprint density at radius 3 is 2.90 bits per heavy atom. The van der Waals surface area contributed by atoms with Crippen molar-refractivity contribution in [3.63, 3.8) is 0 Å². The molecule has 1 saturated carbocycles. The lowest BCUT2D eigenvalue weighted by molar-refractivity contribution is 0.0281. The number of rotatable bonds is 0. The summed E-state index contributed by atoms with van der Waals surface area (Å²) in [6, 6.07) is 8.20. The molecule has 0 saturated heterocycles. The SMILES string of the molecule is O=C1C[C@H]2CCC[C@@H]3[C@H]2c2c(c4ccccc4n21)C[C@@H]3O. The summed E-state index contributed by atoms with van der Waals surface area (Å²) in [7, 11) is 0. The van der Waals surface area contributed by atoms with E-state index >= 15 is 0 Å². The van der Waals surface area contributed by atoms with Crippen LogP contribution < -0.4 is 0 Å². The van der Waals surface area contributed by atoms with E-state index in [9.17, 15) is 9.90 Å². The molecule has 3 aliphatic rings. The van der Waals surface area contributed by atoms with Crippen molar-refractivity contribution < 1.29 is 9.90 Å². The molecule has 2 heterocycles. The molecule has 21 heavy (non-hydrogen) atoms. The summed E-state index contributed by atoms with van der Waals surface area (Å²) in [5, 5.41) is 11.8. The van der Waals surface area contributed by atoms with Gasteiger partial charge in [0.1, 0.15) is 0 Å². The average molecular weight is 281 g/mol. The van der Waals surface area contributed by atoms with Crippen molar-refractivity contribution in [2.24, 2.45) is 11.8 Å². The van der Waals surface area contributed by atoms with Crippen LogP contribution in [0.4, 0.5) is 0 Å². The van der Waals surface area contributed by atoms with Gasteiger partial charge in [-0.05, 0) is 36.3 Å². The van der Waals surface area contributed by atoms with Crippen molar-refractivity contribution >= 4 is 16.8 Å². The number of carbonyl (C=O) groups excluding carboxylic acids is 1. The highest BCUT2D eigenvalue weighted by molar-refractivity contribution is 5.97. The Morgan fingerprint density at radius 1 is 1.14 bits per heavy atom. The molecule has 5 rings (SSSR count). The number of para-hydroxylation sites is 1. The van der Waals surface area contributed by atoms with Gasteiger partial charge in [-0.25, -0.2) is 0 Å². The first-order valence-electron chi connectivity index (χ1n) is 8.09. The zero-order valence-corrected chi connectivity index (χ0v) is 12.0. The minimum atomic E-state index is -0.238. The fourth-order valence-corrected chi connectivity index (χ4v) is 5.25. The van der Waals surface area contributed by atoms with Gasteiger partial charge in [-0.1, -0.05) is 24.6 Å². The van der Waals surface area contributed by atoms with Gasteiger partial charge in [0.25, 0.3) is 0 Å². The molecule has 2 aliphatic carbocycles. The van der Waals surface area contributed by atoms with Gasteiger partial charge in [-0.2, -0.15) is 0 Å². The second-order valence-electron chi connectivity index (χ2n) is 6.97. The number of carbonyl (C=O) groups is 1. The first kappa shape index (κ1) is 12.0. The lowest BCUT2D eigenvalue weighted by Crippen LogP contribution is -2.44. The molecule has 0 spiro atoms. The number of benzene rings is 1. The number of nitrogens with zero attached hydrogens (tertiary/aromatic N) is 1. The zero-order valence-electron chi connectivity index (χ0n) is 12.0. The van der Waals surface area contributed by atoms with Crippen LogP contribution in [-0.2, 0) is 6.42 Å². The van der Waals surface area contributed by atoms with Crippen LogP contribution in [0, 0.1) is 11.8 Å². The maximum absolute atomic E-state index is 12.7. The number of aliphatic hydroxyl groups is 1. The van der Waals surface area contributed by atoms with E-state index in [1.807, 2.05) is 16.7 Å². The van der Waals surface area contributed by atoms with E-state index in [-0.39, 0.29) is 12.0 Å². The monoisotopic (exact) mass is 281 g/mol. The van der Waals surface area contributed by atoms with Crippen molar-refractivity contribution in [3.05, 3.63) is 35.5 Å². The van der Waals surface area contributed by atoms with Gasteiger partial charge in [0.15, 0.2) is 0 Å². The highest BCUT2D eigenvalue weighted by atomic mass is 16.3. The zero-order chi connectivity index (χ0) is 14.1. The molecule has 3 nitrogen and oxygen atoms in total. The van der Waals surface area contributed by atoms with E-state index in [0.717, 1.165) is 24.8 Å². The summed E-state index contributed by atoms with van der Waals surface area (Å²) in [6.45, 7) is 0. The molecule has 0 bridgehead atoms. The fraction of sp³-hybridized carbons (Fsp3) is 0.500. The van der Waals surface area contributed by atoms with E-state index in [1.54, 1.807) is 0 Å². The Hall–Kier alpha value is -1.61. The smallest absolute Gasteiger partial charge is 0.231 e. The van der Waals surface area contributed by atoms with Gasteiger partial charge in [-0.3, -0.25) is 9.36 Å². The van der Waals surface area contributed by atoms with Crippen molar-refractivity contribution in [2.45, 2.75) is 44.1 Å². The van der Waals surface area contributed by atoms with Crippen LogP contribution in [0.15, 0.2) is 24.3 Å². The predicted octanol–water partition coefficient (Wildman–Crippen LogP) is 3.10. The Labute approximate surface area is 123 Å². The maximum Gasteiger partial charge on any atom is 0.231 e. The lowest BCUT2D eigenvalue weighted by atomic mass is 9.62. The first-order chi connectivity index (χ1) is 10.3. The van der Waals surface area contributed by atoms with Crippen molar-refractivity contribution in [1.29, 1.82) is 0 Å². The normalized spacial score (nSPS) is 34.0. The van der Waals surface area contributed by atoms with Crippen LogP contribution in [-0.4, -0.2) is 21.7 Å². The van der Waals surface area contributed by atoms with Gasteiger partial charge in [0.05, 0.1) is 11.6 Å². The number of fused-ring (bicyclic) bond motifs is 3. The molecule has 0 amide bonds. The Kier molecular flexibility index (Phi) is 2.27. The van der Waals surface area contributed by atoms with Crippen molar-refractivity contribution in [1.82, 2.24) is 4.57 Å². The molecular weight excluding hydrogens is 262 g/mol. The highest BCUT2D eigenvalue weighted by Gasteiger charge is 2.48.